The summed E-state index contributed by atoms with van der Waals surface area (Å²) in [6.45, 7) is 4.63. The molecular formula is C30H27NO5. The molecule has 0 aliphatic carbocycles. The molecular weight excluding hydrogens is 454 g/mol. The van der Waals surface area contributed by atoms with Gasteiger partial charge >= 0.3 is 5.97 Å². The van der Waals surface area contributed by atoms with E-state index in [-0.39, 0.29) is 30.4 Å². The zero-order valence-corrected chi connectivity index (χ0v) is 20.3. The third-order valence-electron chi connectivity index (χ3n) is 8.14. The van der Waals surface area contributed by atoms with E-state index in [2.05, 4.69) is 12.6 Å². The first kappa shape index (κ1) is 22.6. The molecule has 0 N–H and O–H groups in total. The van der Waals surface area contributed by atoms with Crippen molar-refractivity contribution in [2.24, 2.45) is 11.3 Å². The van der Waals surface area contributed by atoms with Crippen LogP contribution in [-0.2, 0) is 24.7 Å². The number of amides is 1. The molecule has 0 saturated carbocycles. The minimum absolute atomic E-state index is 0.164. The van der Waals surface area contributed by atoms with E-state index in [4.69, 9.17) is 14.2 Å². The van der Waals surface area contributed by atoms with Crippen molar-refractivity contribution >= 4 is 17.4 Å². The molecule has 2 bridgehead atoms. The first-order valence-corrected chi connectivity index (χ1v) is 12.0. The number of rotatable bonds is 5. The first-order chi connectivity index (χ1) is 17.5. The number of ether oxygens (including phenoxy) is 3. The van der Waals surface area contributed by atoms with Crippen LogP contribution in [-0.4, -0.2) is 44.1 Å². The topological polar surface area (TPSA) is 65.1 Å². The number of para-hydroxylation sites is 1. The lowest BCUT2D eigenvalue weighted by atomic mass is 9.57. The highest BCUT2D eigenvalue weighted by Crippen LogP contribution is 2.71. The molecule has 2 fully saturated rings. The summed E-state index contributed by atoms with van der Waals surface area (Å²) in [6, 6.07) is 25.2. The van der Waals surface area contributed by atoms with Gasteiger partial charge in [-0.1, -0.05) is 79.4 Å². The highest BCUT2D eigenvalue weighted by atomic mass is 16.6. The van der Waals surface area contributed by atoms with Gasteiger partial charge in [0.2, 0.25) is 0 Å². The van der Waals surface area contributed by atoms with E-state index in [1.807, 2.05) is 66.7 Å². The largest absolute Gasteiger partial charge is 0.496 e. The van der Waals surface area contributed by atoms with Gasteiger partial charge in [-0.15, -0.1) is 0 Å². The van der Waals surface area contributed by atoms with Crippen LogP contribution in [0.4, 0.5) is 0 Å². The van der Waals surface area contributed by atoms with Gasteiger partial charge < -0.3 is 19.1 Å². The SMILES string of the molecule is C=C(C(=O)N1C[C@@H]2[C@H]3O[C@](c4ccccc4)(c4ccccc43)[C@]2(C(=O)OC)C1)c1ccccc1OC. The summed E-state index contributed by atoms with van der Waals surface area (Å²) in [7, 11) is 2.97. The molecule has 0 unspecified atom stereocenters. The van der Waals surface area contributed by atoms with Gasteiger partial charge in [0.05, 0.1) is 20.3 Å². The molecule has 3 aliphatic heterocycles. The molecule has 6 rings (SSSR count). The van der Waals surface area contributed by atoms with Crippen molar-refractivity contribution in [3.8, 4) is 5.75 Å². The number of carbonyl (C=O) groups excluding carboxylic acids is 2. The van der Waals surface area contributed by atoms with Crippen molar-refractivity contribution < 1.29 is 23.8 Å². The fourth-order valence-corrected chi connectivity index (χ4v) is 6.68. The van der Waals surface area contributed by atoms with Gasteiger partial charge in [-0.2, -0.15) is 0 Å². The third kappa shape index (κ3) is 2.70. The molecule has 3 heterocycles. The van der Waals surface area contributed by atoms with Crippen LogP contribution in [0.2, 0.25) is 0 Å². The second-order valence-corrected chi connectivity index (χ2v) is 9.61. The molecule has 0 radical (unpaired) electrons. The fraction of sp³-hybridized carbons (Fsp3) is 0.267. The summed E-state index contributed by atoms with van der Waals surface area (Å²) in [5.41, 5.74) is 1.70. The zero-order valence-electron chi connectivity index (χ0n) is 20.3. The maximum Gasteiger partial charge on any atom is 0.317 e. The number of hydrogen-bond donors (Lipinski definition) is 0. The Morgan fingerprint density at radius 3 is 2.42 bits per heavy atom. The number of fused-ring (bicyclic) bond motifs is 8. The van der Waals surface area contributed by atoms with Crippen LogP contribution in [0.15, 0.2) is 85.4 Å². The van der Waals surface area contributed by atoms with Crippen LogP contribution in [0.1, 0.15) is 28.4 Å². The van der Waals surface area contributed by atoms with Crippen LogP contribution >= 0.6 is 0 Å². The Labute approximate surface area is 210 Å². The Morgan fingerprint density at radius 1 is 0.972 bits per heavy atom. The maximum absolute atomic E-state index is 13.8. The van der Waals surface area contributed by atoms with Crippen molar-refractivity contribution in [2.45, 2.75) is 11.7 Å². The van der Waals surface area contributed by atoms with E-state index < -0.39 is 11.0 Å². The van der Waals surface area contributed by atoms with Gasteiger partial charge in [-0.05, 0) is 22.8 Å². The normalized spacial score (nSPS) is 27.3. The van der Waals surface area contributed by atoms with Crippen molar-refractivity contribution in [2.75, 3.05) is 27.3 Å². The summed E-state index contributed by atoms with van der Waals surface area (Å²) in [4.78, 5) is 29.4. The smallest absolute Gasteiger partial charge is 0.317 e. The summed E-state index contributed by atoms with van der Waals surface area (Å²) in [5.74, 6) is -0.292. The van der Waals surface area contributed by atoms with Crippen LogP contribution in [0, 0.1) is 11.3 Å². The summed E-state index contributed by atoms with van der Waals surface area (Å²) >= 11 is 0. The van der Waals surface area contributed by atoms with E-state index >= 15 is 0 Å². The lowest BCUT2D eigenvalue weighted by Gasteiger charge is -2.43. The van der Waals surface area contributed by atoms with Crippen LogP contribution in [0.5, 0.6) is 5.75 Å². The highest BCUT2D eigenvalue weighted by Gasteiger charge is 2.78. The van der Waals surface area contributed by atoms with E-state index in [1.54, 1.807) is 18.1 Å². The molecule has 182 valence electrons. The van der Waals surface area contributed by atoms with Crippen LogP contribution in [0.25, 0.3) is 5.57 Å². The van der Waals surface area contributed by atoms with Gasteiger partial charge in [0, 0.05) is 30.1 Å². The number of methoxy groups -OCH3 is 2. The molecule has 3 aliphatic rings. The minimum Gasteiger partial charge on any atom is -0.496 e. The Kier molecular flexibility index (Phi) is 5.05. The molecule has 0 spiro atoms. The first-order valence-electron chi connectivity index (χ1n) is 12.0. The molecule has 2 saturated heterocycles. The van der Waals surface area contributed by atoms with Gasteiger partial charge in [0.1, 0.15) is 16.8 Å². The fourth-order valence-electron chi connectivity index (χ4n) is 6.68. The highest BCUT2D eigenvalue weighted by molar-refractivity contribution is 6.19. The predicted molar refractivity (Wildman–Crippen MR) is 134 cm³/mol. The van der Waals surface area contributed by atoms with Gasteiger partial charge in [0.15, 0.2) is 0 Å². The van der Waals surface area contributed by atoms with E-state index in [1.165, 1.54) is 7.11 Å². The van der Waals surface area contributed by atoms with Crippen LogP contribution < -0.4 is 4.74 Å². The Balaban J connectivity index is 1.49. The average Bonchev–Trinajstić information content (AvgIpc) is 3.59. The van der Waals surface area contributed by atoms with Crippen molar-refractivity contribution in [1.82, 2.24) is 4.90 Å². The van der Waals surface area contributed by atoms with Crippen molar-refractivity contribution in [3.63, 3.8) is 0 Å². The molecule has 6 nitrogen and oxygen atoms in total. The Morgan fingerprint density at radius 2 is 1.67 bits per heavy atom. The molecule has 1 amide bonds. The van der Waals surface area contributed by atoms with Crippen molar-refractivity contribution in [3.05, 3.63) is 108 Å². The van der Waals surface area contributed by atoms with E-state index in [0.717, 1.165) is 16.7 Å². The standard InChI is InChI=1S/C30H27NO5/c1-19(21-13-8-10-16-25(21)34-2)27(32)31-17-24-26-22-14-7-9-15-23(22)30(36-26,20-11-5-4-6-12-20)29(24,18-31)28(33)35-3/h4-16,24,26H,1,17-18H2,2-3H3/t24-,26+,29-,30-/m1/s1. The van der Waals surface area contributed by atoms with Gasteiger partial charge in [-0.25, -0.2) is 0 Å². The number of esters is 1. The average molecular weight is 482 g/mol. The summed E-state index contributed by atoms with van der Waals surface area (Å²) < 4.78 is 17.8. The van der Waals surface area contributed by atoms with Gasteiger partial charge in [0.25, 0.3) is 5.91 Å². The number of nitrogens with zero attached hydrogens (tertiary/aromatic N) is 1. The second-order valence-electron chi connectivity index (χ2n) is 9.61. The maximum atomic E-state index is 13.8. The molecule has 3 aromatic carbocycles. The van der Waals surface area contributed by atoms with E-state index in [9.17, 15) is 9.59 Å². The molecule has 4 atom stereocenters. The Bertz CT molecular complexity index is 1380. The lowest BCUT2D eigenvalue weighted by molar-refractivity contribution is -0.163. The van der Waals surface area contributed by atoms with Crippen LogP contribution in [0.3, 0.4) is 0 Å². The zero-order chi connectivity index (χ0) is 25.1. The number of benzene rings is 3. The molecule has 3 aromatic rings. The van der Waals surface area contributed by atoms with Gasteiger partial charge in [-0.3, -0.25) is 9.59 Å². The number of likely N-dealkylation sites (tertiary alicyclic amines) is 1. The monoisotopic (exact) mass is 481 g/mol. The number of hydrogen-bond acceptors (Lipinski definition) is 5. The molecule has 0 aromatic heterocycles. The van der Waals surface area contributed by atoms with E-state index in [0.29, 0.717) is 23.4 Å². The minimum atomic E-state index is -1.10. The number of carbonyl (C=O) groups is 2. The third-order valence-corrected chi connectivity index (χ3v) is 8.14. The molecule has 6 heteroatoms. The molecule has 36 heavy (non-hydrogen) atoms. The predicted octanol–water partition coefficient (Wildman–Crippen LogP) is 4.35. The lowest BCUT2D eigenvalue weighted by Crippen LogP contribution is -2.54. The Hall–Kier alpha value is -3.90. The summed E-state index contributed by atoms with van der Waals surface area (Å²) in [5, 5.41) is 0. The second kappa shape index (κ2) is 8.07. The quantitative estimate of drug-likeness (QED) is 0.400. The van der Waals surface area contributed by atoms with Crippen molar-refractivity contribution in [1.29, 1.82) is 0 Å². The summed E-state index contributed by atoms with van der Waals surface area (Å²) in [6.07, 6.45) is -0.335.